The van der Waals surface area contributed by atoms with Gasteiger partial charge in [0.1, 0.15) is 16.6 Å². The first-order valence-electron chi connectivity index (χ1n) is 7.37. The predicted molar refractivity (Wildman–Crippen MR) is 92.8 cm³/mol. The van der Waals surface area contributed by atoms with Crippen molar-refractivity contribution in [1.82, 2.24) is 19.5 Å². The third kappa shape index (κ3) is 3.86. The van der Waals surface area contributed by atoms with Crippen LogP contribution in [0.2, 0.25) is 5.15 Å². The molecular weight excluding hydrogens is 436 g/mol. The second-order valence-corrected chi connectivity index (χ2v) is 8.53. The van der Waals surface area contributed by atoms with Crippen molar-refractivity contribution in [3.05, 3.63) is 39.3 Å². The molecule has 0 fully saturated rings. The lowest BCUT2D eigenvalue weighted by Crippen LogP contribution is -2.31. The summed E-state index contributed by atoms with van der Waals surface area (Å²) in [5, 5.41) is 13.2. The molecule has 0 radical (unpaired) electrons. The monoisotopic (exact) mass is 448 g/mol. The molecule has 25 heavy (non-hydrogen) atoms. The third-order valence-corrected chi connectivity index (χ3v) is 6.50. The van der Waals surface area contributed by atoms with Crippen molar-refractivity contribution in [1.29, 1.82) is 0 Å². The van der Waals surface area contributed by atoms with E-state index in [4.69, 9.17) is 16.7 Å². The van der Waals surface area contributed by atoms with Gasteiger partial charge in [-0.15, -0.1) is 0 Å². The smallest absolute Gasteiger partial charge is 0.325 e. The molecule has 0 bridgehead atoms. The van der Waals surface area contributed by atoms with Gasteiger partial charge in [0.05, 0.1) is 16.7 Å². The molecule has 2 aromatic rings. The van der Waals surface area contributed by atoms with E-state index in [-0.39, 0.29) is 16.6 Å². The molecule has 1 aliphatic rings. The number of nitrogens with one attached hydrogen (secondary N) is 1. The van der Waals surface area contributed by atoms with Crippen LogP contribution in [0.4, 0.5) is 0 Å². The Bertz CT molecular complexity index is 931. The molecule has 11 heteroatoms. The highest BCUT2D eigenvalue weighted by Gasteiger charge is 2.29. The minimum atomic E-state index is -3.81. The second kappa shape index (κ2) is 7.02. The SMILES string of the molecule is O=C(O)Cn1ncc2c1CCC[C@H]2NS(=O)(=O)c1cnc(Cl)c(Br)c1. The summed E-state index contributed by atoms with van der Waals surface area (Å²) in [6.07, 6.45) is 4.71. The fourth-order valence-corrected chi connectivity index (χ4v) is 4.64. The largest absolute Gasteiger partial charge is 0.480 e. The van der Waals surface area contributed by atoms with Gasteiger partial charge in [0.15, 0.2) is 0 Å². The van der Waals surface area contributed by atoms with Gasteiger partial charge in [-0.2, -0.15) is 5.10 Å². The van der Waals surface area contributed by atoms with E-state index in [9.17, 15) is 13.2 Å². The average molecular weight is 450 g/mol. The van der Waals surface area contributed by atoms with E-state index in [2.05, 4.69) is 30.7 Å². The minimum absolute atomic E-state index is 0.00572. The maximum atomic E-state index is 12.6. The molecule has 8 nitrogen and oxygen atoms in total. The van der Waals surface area contributed by atoms with Crippen LogP contribution in [-0.4, -0.2) is 34.3 Å². The molecule has 2 N–H and O–H groups in total. The van der Waals surface area contributed by atoms with Gasteiger partial charge in [-0.1, -0.05) is 11.6 Å². The van der Waals surface area contributed by atoms with Gasteiger partial charge < -0.3 is 5.11 Å². The summed E-state index contributed by atoms with van der Waals surface area (Å²) in [6, 6.07) is 0.917. The van der Waals surface area contributed by atoms with Crippen LogP contribution in [0.15, 0.2) is 27.8 Å². The number of rotatable bonds is 5. The fourth-order valence-electron chi connectivity index (χ4n) is 2.81. The number of fused-ring (bicyclic) bond motifs is 1. The molecule has 0 spiro atoms. The van der Waals surface area contributed by atoms with E-state index in [0.29, 0.717) is 22.9 Å². The van der Waals surface area contributed by atoms with E-state index < -0.39 is 22.0 Å². The third-order valence-electron chi connectivity index (χ3n) is 3.93. The van der Waals surface area contributed by atoms with Gasteiger partial charge in [0.2, 0.25) is 10.0 Å². The van der Waals surface area contributed by atoms with Gasteiger partial charge in [-0.25, -0.2) is 18.1 Å². The predicted octanol–water partition coefficient (Wildman–Crippen LogP) is 2.13. The Morgan fingerprint density at radius 2 is 2.24 bits per heavy atom. The first-order chi connectivity index (χ1) is 11.8. The summed E-state index contributed by atoms with van der Waals surface area (Å²) >= 11 is 8.96. The number of aliphatic carboxylic acids is 1. The van der Waals surface area contributed by atoms with Crippen LogP contribution < -0.4 is 4.72 Å². The molecular formula is C14H14BrClN4O4S. The number of carbonyl (C=O) groups is 1. The van der Waals surface area contributed by atoms with Gasteiger partial charge in [0.25, 0.3) is 0 Å². The molecule has 3 rings (SSSR count). The molecule has 2 heterocycles. The molecule has 0 unspecified atom stereocenters. The second-order valence-electron chi connectivity index (χ2n) is 5.61. The number of sulfonamides is 1. The first kappa shape index (κ1) is 18.3. The maximum absolute atomic E-state index is 12.6. The number of carboxylic acid groups (broad SMARTS) is 1. The van der Waals surface area contributed by atoms with E-state index in [1.807, 2.05) is 0 Å². The summed E-state index contributed by atoms with van der Waals surface area (Å²) in [5.41, 5.74) is 1.45. The molecule has 0 saturated carbocycles. The van der Waals surface area contributed by atoms with Crippen molar-refractivity contribution < 1.29 is 18.3 Å². The van der Waals surface area contributed by atoms with Crippen LogP contribution in [0.5, 0.6) is 0 Å². The fraction of sp³-hybridized carbons (Fsp3) is 0.357. The lowest BCUT2D eigenvalue weighted by molar-refractivity contribution is -0.137. The Kier molecular flexibility index (Phi) is 5.14. The summed E-state index contributed by atoms with van der Waals surface area (Å²) in [5.74, 6) is -0.995. The minimum Gasteiger partial charge on any atom is -0.480 e. The Morgan fingerprint density at radius 3 is 2.92 bits per heavy atom. The summed E-state index contributed by atoms with van der Waals surface area (Å²) in [7, 11) is -3.81. The highest BCUT2D eigenvalue weighted by Crippen LogP contribution is 2.31. The van der Waals surface area contributed by atoms with E-state index in [1.54, 1.807) is 0 Å². The van der Waals surface area contributed by atoms with Crippen molar-refractivity contribution >= 4 is 43.5 Å². The first-order valence-corrected chi connectivity index (χ1v) is 10.0. The Hall–Kier alpha value is -1.49. The quantitative estimate of drug-likeness (QED) is 0.676. The van der Waals surface area contributed by atoms with Crippen molar-refractivity contribution in [3.8, 4) is 0 Å². The van der Waals surface area contributed by atoms with Gasteiger partial charge in [0, 0.05) is 17.5 Å². The normalized spacial score (nSPS) is 17.3. The molecule has 1 aliphatic carbocycles. The Balaban J connectivity index is 1.88. The molecule has 1 atom stereocenters. The molecule has 0 amide bonds. The number of aromatic nitrogens is 3. The number of carboxylic acids is 1. The molecule has 0 aliphatic heterocycles. The zero-order valence-electron chi connectivity index (χ0n) is 12.8. The van der Waals surface area contributed by atoms with E-state index in [1.165, 1.54) is 23.1 Å². The van der Waals surface area contributed by atoms with Crippen LogP contribution in [-0.2, 0) is 27.8 Å². The summed E-state index contributed by atoms with van der Waals surface area (Å²) < 4.78 is 29.7. The zero-order chi connectivity index (χ0) is 18.2. The number of pyridine rings is 1. The standard InChI is InChI=1S/C14H14BrClN4O4S/c15-10-4-8(5-17-14(10)16)25(23,24)19-11-2-1-3-12-9(11)6-18-20(12)7-13(21)22/h4-6,11,19H,1-3,7H2,(H,21,22)/t11-/m1/s1. The van der Waals surface area contributed by atoms with E-state index >= 15 is 0 Å². The highest BCUT2D eigenvalue weighted by molar-refractivity contribution is 9.10. The topological polar surface area (TPSA) is 114 Å². The Labute approximate surface area is 157 Å². The number of hydrogen-bond donors (Lipinski definition) is 2. The van der Waals surface area contributed by atoms with Crippen molar-refractivity contribution in [2.24, 2.45) is 0 Å². The average Bonchev–Trinajstić information content (AvgIpc) is 2.93. The lowest BCUT2D eigenvalue weighted by atomic mass is 9.94. The van der Waals surface area contributed by atoms with Crippen LogP contribution in [0.1, 0.15) is 30.1 Å². The van der Waals surface area contributed by atoms with Crippen molar-refractivity contribution in [3.63, 3.8) is 0 Å². The van der Waals surface area contributed by atoms with Crippen molar-refractivity contribution in [2.75, 3.05) is 0 Å². The molecule has 134 valence electrons. The lowest BCUT2D eigenvalue weighted by Gasteiger charge is -2.24. The number of nitrogens with zero attached hydrogens (tertiary/aromatic N) is 3. The van der Waals surface area contributed by atoms with Crippen LogP contribution in [0.3, 0.4) is 0 Å². The molecule has 2 aromatic heterocycles. The zero-order valence-corrected chi connectivity index (χ0v) is 16.0. The van der Waals surface area contributed by atoms with Crippen molar-refractivity contribution in [2.45, 2.75) is 36.7 Å². The van der Waals surface area contributed by atoms with E-state index in [0.717, 1.165) is 12.1 Å². The van der Waals surface area contributed by atoms with Crippen LogP contribution in [0, 0.1) is 0 Å². The number of halogens is 2. The summed E-state index contributed by atoms with van der Waals surface area (Å²) in [4.78, 5) is 14.7. The number of hydrogen-bond acceptors (Lipinski definition) is 5. The van der Waals surface area contributed by atoms with Gasteiger partial charge >= 0.3 is 5.97 Å². The van der Waals surface area contributed by atoms with Gasteiger partial charge in [-0.3, -0.25) is 9.48 Å². The van der Waals surface area contributed by atoms with Crippen LogP contribution >= 0.6 is 27.5 Å². The Morgan fingerprint density at radius 1 is 1.48 bits per heavy atom. The highest BCUT2D eigenvalue weighted by atomic mass is 79.9. The van der Waals surface area contributed by atoms with Gasteiger partial charge in [-0.05, 0) is 41.3 Å². The molecule has 0 aromatic carbocycles. The van der Waals surface area contributed by atoms with Crippen LogP contribution in [0.25, 0.3) is 0 Å². The maximum Gasteiger partial charge on any atom is 0.325 e. The summed E-state index contributed by atoms with van der Waals surface area (Å²) in [6.45, 7) is -0.247. The molecule has 0 saturated heterocycles.